The van der Waals surface area contributed by atoms with E-state index in [-0.39, 0.29) is 17.1 Å². The second kappa shape index (κ2) is 8.04. The Labute approximate surface area is 162 Å². The summed E-state index contributed by atoms with van der Waals surface area (Å²) in [5.74, 6) is -0.867. The fourth-order valence-electron chi connectivity index (χ4n) is 2.24. The molecule has 0 aliphatic rings. The number of carbonyl (C=O) groups excluding carboxylic acids is 1. The van der Waals surface area contributed by atoms with Crippen LogP contribution in [-0.4, -0.2) is 27.3 Å². The van der Waals surface area contributed by atoms with E-state index in [1.807, 2.05) is 24.3 Å². The molecule has 0 aliphatic carbocycles. The van der Waals surface area contributed by atoms with Crippen LogP contribution in [0.15, 0.2) is 47.6 Å². The molecule has 3 rings (SSSR count). The number of hydrogen-bond donors (Lipinski definition) is 3. The van der Waals surface area contributed by atoms with Crippen LogP contribution >= 0.6 is 22.6 Å². The van der Waals surface area contributed by atoms with Gasteiger partial charge in [-0.3, -0.25) is 14.9 Å². The van der Waals surface area contributed by atoms with Crippen LogP contribution in [0.2, 0.25) is 0 Å². The Hall–Kier alpha value is -2.82. The fourth-order valence-corrected chi connectivity index (χ4v) is 2.72. The number of amides is 1. The Balaban J connectivity index is 1.91. The minimum Gasteiger partial charge on any atom is -0.365 e. The molecule has 2 aromatic heterocycles. The summed E-state index contributed by atoms with van der Waals surface area (Å²) in [6.07, 6.45) is 2.63. The van der Waals surface area contributed by atoms with E-state index in [1.165, 1.54) is 24.5 Å². The highest BCUT2D eigenvalue weighted by Crippen LogP contribution is 2.26. The smallest absolute Gasteiger partial charge is 0.256 e. The van der Waals surface area contributed by atoms with E-state index >= 15 is 0 Å². The lowest BCUT2D eigenvalue weighted by molar-refractivity contribution is 0.100. The Kier molecular flexibility index (Phi) is 5.56. The Morgan fingerprint density at radius 1 is 1.38 bits per heavy atom. The van der Waals surface area contributed by atoms with Crippen LogP contribution < -0.4 is 11.1 Å². The maximum absolute atomic E-state index is 13.6. The van der Waals surface area contributed by atoms with Crippen LogP contribution in [0.3, 0.4) is 0 Å². The number of nitrogens with zero attached hydrogens (tertiary/aromatic N) is 3. The predicted octanol–water partition coefficient (Wildman–Crippen LogP) is 3.47. The third kappa shape index (κ3) is 4.04. The number of nitrogens with two attached hydrogens (primary N) is 1. The number of primary amides is 1. The molecule has 0 atom stereocenters. The molecule has 2 heterocycles. The third-order valence-corrected chi connectivity index (χ3v) is 4.32. The van der Waals surface area contributed by atoms with Crippen molar-refractivity contribution in [3.63, 3.8) is 0 Å². The van der Waals surface area contributed by atoms with Crippen LogP contribution in [0.25, 0.3) is 0 Å². The number of halogens is 2. The van der Waals surface area contributed by atoms with E-state index in [9.17, 15) is 9.18 Å². The first-order valence-corrected chi connectivity index (χ1v) is 9.05. The molecule has 0 saturated heterocycles. The number of pyridine rings is 1. The lowest BCUT2D eigenvalue weighted by atomic mass is 10.2. The average molecular weight is 464 g/mol. The van der Waals surface area contributed by atoms with Gasteiger partial charge in [0.2, 0.25) is 0 Å². The highest BCUT2D eigenvalue weighted by atomic mass is 127. The number of benzene rings is 1. The lowest BCUT2D eigenvalue weighted by Crippen LogP contribution is -2.12. The summed E-state index contributed by atoms with van der Waals surface area (Å²) >= 11 is 2.26. The van der Waals surface area contributed by atoms with E-state index in [0.717, 1.165) is 15.7 Å². The average Bonchev–Trinajstić information content (AvgIpc) is 3.04. The molecule has 132 valence electrons. The van der Waals surface area contributed by atoms with Gasteiger partial charge in [-0.05, 0) is 29.8 Å². The highest BCUT2D eigenvalue weighted by molar-refractivity contribution is 14.1. The van der Waals surface area contributed by atoms with Gasteiger partial charge in [0.05, 0.1) is 6.21 Å². The van der Waals surface area contributed by atoms with Crippen LogP contribution in [0.5, 0.6) is 0 Å². The van der Waals surface area contributed by atoms with E-state index in [1.54, 1.807) is 0 Å². The Bertz CT molecular complexity index is 971. The van der Waals surface area contributed by atoms with Gasteiger partial charge in [0.15, 0.2) is 5.82 Å². The number of anilines is 2. The number of H-pyrrole nitrogens is 1. The van der Waals surface area contributed by atoms with Gasteiger partial charge in [-0.2, -0.15) is 5.10 Å². The minimum atomic E-state index is -0.708. The highest BCUT2D eigenvalue weighted by Gasteiger charge is 2.18. The number of aromatic amines is 1. The molecule has 9 heteroatoms. The second-order valence-corrected chi connectivity index (χ2v) is 6.01. The van der Waals surface area contributed by atoms with Crippen molar-refractivity contribution in [2.45, 2.75) is 4.43 Å². The van der Waals surface area contributed by atoms with Crippen molar-refractivity contribution in [3.8, 4) is 0 Å². The van der Waals surface area contributed by atoms with E-state index < -0.39 is 11.7 Å². The molecular weight excluding hydrogens is 450 g/mol. The largest absolute Gasteiger partial charge is 0.365 e. The van der Waals surface area contributed by atoms with Crippen LogP contribution in [0.4, 0.5) is 21.7 Å². The monoisotopic (exact) mass is 464 g/mol. The van der Waals surface area contributed by atoms with Gasteiger partial charge in [-0.15, -0.1) is 0 Å². The Morgan fingerprint density at radius 3 is 2.96 bits per heavy atom. The first kappa shape index (κ1) is 18.0. The van der Waals surface area contributed by atoms with E-state index in [4.69, 9.17) is 5.73 Å². The number of rotatable bonds is 6. The molecule has 7 nitrogen and oxygen atoms in total. The molecule has 0 aliphatic heterocycles. The van der Waals surface area contributed by atoms with Gasteiger partial charge in [0.25, 0.3) is 5.91 Å². The zero-order chi connectivity index (χ0) is 18.5. The van der Waals surface area contributed by atoms with Crippen LogP contribution in [0.1, 0.15) is 21.6 Å². The number of hydrogen-bond acceptors (Lipinski definition) is 5. The summed E-state index contributed by atoms with van der Waals surface area (Å²) in [6, 6.07) is 10.4. The minimum absolute atomic E-state index is 0.0372. The van der Waals surface area contributed by atoms with Gasteiger partial charge < -0.3 is 11.1 Å². The van der Waals surface area contributed by atoms with Crippen molar-refractivity contribution in [2.75, 3.05) is 5.32 Å². The summed E-state index contributed by atoms with van der Waals surface area (Å²) in [6.45, 7) is 0. The standard InChI is InChI=1S/C17H14FIN6O/c18-12-5-2-6-21-13(12)9-22-16-14(15(20)26)17(25-24-16)23-11-4-1-3-10(7-11)8-19/h1-7,9H,8H2,(H2,20,26)(H2,23,24,25). The lowest BCUT2D eigenvalue weighted by Gasteiger charge is -2.06. The molecule has 0 radical (unpaired) electrons. The van der Waals surface area contributed by atoms with Gasteiger partial charge in [-0.1, -0.05) is 34.7 Å². The molecule has 0 bridgehead atoms. The molecule has 0 fully saturated rings. The molecule has 1 amide bonds. The summed E-state index contributed by atoms with van der Waals surface area (Å²) < 4.78 is 14.5. The number of aliphatic imine (C=N–C) groups is 1. The first-order valence-electron chi connectivity index (χ1n) is 7.53. The first-order chi connectivity index (χ1) is 12.6. The fraction of sp³-hybridized carbons (Fsp3) is 0.0588. The predicted molar refractivity (Wildman–Crippen MR) is 106 cm³/mol. The maximum atomic E-state index is 13.6. The molecule has 4 N–H and O–H groups in total. The van der Waals surface area contributed by atoms with Crippen LogP contribution in [-0.2, 0) is 4.43 Å². The molecule has 3 aromatic rings. The topological polar surface area (TPSA) is 109 Å². The SMILES string of the molecule is NC(=O)c1c(N=Cc2ncccc2F)n[nH]c1Nc1cccc(CI)c1. The maximum Gasteiger partial charge on any atom is 0.256 e. The summed E-state index contributed by atoms with van der Waals surface area (Å²) in [5.41, 5.74) is 7.48. The number of carbonyl (C=O) groups is 1. The van der Waals surface area contributed by atoms with E-state index in [2.05, 4.69) is 48.1 Å². The summed E-state index contributed by atoms with van der Waals surface area (Å²) in [5, 5.41) is 9.76. The number of alkyl halides is 1. The van der Waals surface area contributed by atoms with Crippen molar-refractivity contribution >= 4 is 52.0 Å². The zero-order valence-electron chi connectivity index (χ0n) is 13.4. The van der Waals surface area contributed by atoms with Crippen molar-refractivity contribution in [1.82, 2.24) is 15.2 Å². The molecule has 0 saturated carbocycles. The molecule has 0 unspecified atom stereocenters. The van der Waals surface area contributed by atoms with Crippen LogP contribution in [0, 0.1) is 5.82 Å². The molecule has 1 aromatic carbocycles. The number of nitrogens with one attached hydrogen (secondary N) is 2. The van der Waals surface area contributed by atoms with E-state index in [0.29, 0.717) is 5.82 Å². The second-order valence-electron chi connectivity index (χ2n) is 5.25. The third-order valence-electron chi connectivity index (χ3n) is 3.44. The van der Waals surface area contributed by atoms with Crippen molar-refractivity contribution < 1.29 is 9.18 Å². The van der Waals surface area contributed by atoms with Gasteiger partial charge >= 0.3 is 0 Å². The number of aromatic nitrogens is 3. The molecular formula is C17H14FIN6O. The van der Waals surface area contributed by atoms with Gasteiger partial charge in [-0.25, -0.2) is 9.38 Å². The normalized spacial score (nSPS) is 11.0. The molecule has 26 heavy (non-hydrogen) atoms. The summed E-state index contributed by atoms with van der Waals surface area (Å²) in [7, 11) is 0. The quantitative estimate of drug-likeness (QED) is 0.295. The van der Waals surface area contributed by atoms with Crippen molar-refractivity contribution in [3.05, 3.63) is 65.2 Å². The van der Waals surface area contributed by atoms with Gasteiger partial charge in [0, 0.05) is 16.3 Å². The zero-order valence-corrected chi connectivity index (χ0v) is 15.6. The Morgan fingerprint density at radius 2 is 2.23 bits per heavy atom. The van der Waals surface area contributed by atoms with Crippen molar-refractivity contribution in [2.24, 2.45) is 10.7 Å². The molecule has 0 spiro atoms. The van der Waals surface area contributed by atoms with Gasteiger partial charge in [0.1, 0.15) is 22.9 Å². The van der Waals surface area contributed by atoms with Crippen molar-refractivity contribution in [1.29, 1.82) is 0 Å². The summed E-state index contributed by atoms with van der Waals surface area (Å²) in [4.78, 5) is 19.8.